The van der Waals surface area contributed by atoms with E-state index in [1.54, 1.807) is 0 Å². The zero-order valence-electron chi connectivity index (χ0n) is 28.3. The van der Waals surface area contributed by atoms with Crippen LogP contribution in [0, 0.1) is 11.8 Å². The molecule has 6 N–H and O–H groups in total. The predicted octanol–water partition coefficient (Wildman–Crippen LogP) is 5.65. The lowest BCUT2D eigenvalue weighted by Crippen LogP contribution is -2.56. The van der Waals surface area contributed by atoms with Gasteiger partial charge in [0.1, 0.15) is 6.04 Å². The first kappa shape index (κ1) is 36.9. The number of rotatable bonds is 20. The van der Waals surface area contributed by atoms with Gasteiger partial charge in [-0.2, -0.15) is 0 Å². The zero-order chi connectivity index (χ0) is 33.3. The topological polar surface area (TPSA) is 116 Å². The molecule has 0 bridgehead atoms. The maximum absolute atomic E-state index is 13.4. The number of hydrogen-bond acceptors (Lipinski definition) is 5. The molecule has 0 heterocycles. The van der Waals surface area contributed by atoms with Gasteiger partial charge in [-0.05, 0) is 72.6 Å². The number of carbonyl (C=O) groups is 2. The van der Waals surface area contributed by atoms with E-state index in [0.29, 0.717) is 19.4 Å². The van der Waals surface area contributed by atoms with E-state index in [9.17, 15) is 14.7 Å². The summed E-state index contributed by atoms with van der Waals surface area (Å²) >= 11 is 0. The van der Waals surface area contributed by atoms with Crippen molar-refractivity contribution in [3.8, 4) is 11.1 Å². The second-order valence-electron chi connectivity index (χ2n) is 13.0. The summed E-state index contributed by atoms with van der Waals surface area (Å²) in [7, 11) is 0. The minimum Gasteiger partial charge on any atom is -0.390 e. The van der Waals surface area contributed by atoms with Crippen molar-refractivity contribution in [3.05, 3.63) is 96.1 Å². The summed E-state index contributed by atoms with van der Waals surface area (Å²) in [6.45, 7) is 8.85. The van der Waals surface area contributed by atoms with Crippen LogP contribution in [0.15, 0.2) is 84.9 Å². The van der Waals surface area contributed by atoms with Crippen molar-refractivity contribution in [3.63, 3.8) is 0 Å². The number of aryl methyl sites for hydroxylation is 2. The van der Waals surface area contributed by atoms with E-state index in [1.807, 2.05) is 50.2 Å². The molecular weight excluding hydrogens is 572 g/mol. The normalized spacial score (nSPS) is 14.7. The van der Waals surface area contributed by atoms with Gasteiger partial charge in [0, 0.05) is 19.1 Å². The fourth-order valence-electron chi connectivity index (χ4n) is 5.59. The molecule has 0 saturated carbocycles. The maximum Gasteiger partial charge on any atom is 0.242 e. The van der Waals surface area contributed by atoms with Crippen molar-refractivity contribution in [2.24, 2.45) is 17.6 Å². The van der Waals surface area contributed by atoms with E-state index >= 15 is 0 Å². The van der Waals surface area contributed by atoms with Crippen molar-refractivity contribution in [1.82, 2.24) is 16.0 Å². The number of nitrogens with two attached hydrogens (primary N) is 1. The first-order valence-corrected chi connectivity index (χ1v) is 17.1. The minimum atomic E-state index is -0.793. The molecule has 7 nitrogen and oxygen atoms in total. The lowest BCUT2D eigenvalue weighted by atomic mass is 9.96. The van der Waals surface area contributed by atoms with Gasteiger partial charge in [0.15, 0.2) is 0 Å². The highest BCUT2D eigenvalue weighted by Crippen LogP contribution is 2.20. The van der Waals surface area contributed by atoms with Crippen LogP contribution < -0.4 is 21.7 Å². The number of nitrogens with one attached hydrogen (secondary N) is 3. The van der Waals surface area contributed by atoms with Crippen molar-refractivity contribution in [2.75, 3.05) is 13.1 Å². The van der Waals surface area contributed by atoms with Crippen molar-refractivity contribution < 1.29 is 14.7 Å². The van der Waals surface area contributed by atoms with Gasteiger partial charge in [-0.25, -0.2) is 0 Å². The molecule has 2 amide bonds. The first-order chi connectivity index (χ1) is 22.2. The fourth-order valence-corrected chi connectivity index (χ4v) is 5.59. The molecule has 7 heteroatoms. The number of benzene rings is 3. The third kappa shape index (κ3) is 12.7. The molecule has 3 rings (SSSR count). The number of carbonyl (C=O) groups excluding carboxylic acids is 2. The van der Waals surface area contributed by atoms with E-state index in [2.05, 4.69) is 78.3 Å². The molecule has 1 unspecified atom stereocenters. The van der Waals surface area contributed by atoms with E-state index in [-0.39, 0.29) is 30.2 Å². The van der Waals surface area contributed by atoms with Gasteiger partial charge in [0.2, 0.25) is 11.8 Å². The highest BCUT2D eigenvalue weighted by atomic mass is 16.3. The number of hydrogen-bond donors (Lipinski definition) is 5. The predicted molar refractivity (Wildman–Crippen MR) is 189 cm³/mol. The van der Waals surface area contributed by atoms with Gasteiger partial charge >= 0.3 is 0 Å². The Hall–Kier alpha value is -3.52. The van der Waals surface area contributed by atoms with Crippen molar-refractivity contribution in [1.29, 1.82) is 0 Å². The monoisotopic (exact) mass is 628 g/mol. The molecule has 0 fully saturated rings. The molecule has 3 aromatic rings. The van der Waals surface area contributed by atoms with Gasteiger partial charge in [0.25, 0.3) is 0 Å². The molecule has 3 aromatic carbocycles. The van der Waals surface area contributed by atoms with Crippen LogP contribution in [0.25, 0.3) is 11.1 Å². The Morgan fingerprint density at radius 3 is 2.00 bits per heavy atom. The van der Waals surface area contributed by atoms with Gasteiger partial charge in [-0.1, -0.05) is 119 Å². The van der Waals surface area contributed by atoms with Crippen molar-refractivity contribution >= 4 is 11.8 Å². The van der Waals surface area contributed by atoms with Gasteiger partial charge < -0.3 is 26.8 Å². The smallest absolute Gasteiger partial charge is 0.242 e. The first-order valence-electron chi connectivity index (χ1n) is 17.1. The summed E-state index contributed by atoms with van der Waals surface area (Å²) in [4.78, 5) is 26.6. The molecule has 0 aliphatic carbocycles. The number of aliphatic hydroxyl groups excluding tert-OH is 1. The summed E-state index contributed by atoms with van der Waals surface area (Å²) in [5, 5.41) is 20.1. The summed E-state index contributed by atoms with van der Waals surface area (Å²) in [6.07, 6.45) is 4.81. The molecule has 0 aromatic heterocycles. The van der Waals surface area contributed by atoms with Gasteiger partial charge in [-0.15, -0.1) is 0 Å². The second-order valence-corrected chi connectivity index (χ2v) is 13.0. The second kappa shape index (κ2) is 19.9. The Morgan fingerprint density at radius 1 is 0.783 bits per heavy atom. The fraction of sp³-hybridized carbons (Fsp3) is 0.487. The Bertz CT molecular complexity index is 1280. The van der Waals surface area contributed by atoms with E-state index < -0.39 is 24.2 Å². The largest absolute Gasteiger partial charge is 0.390 e. The lowest BCUT2D eigenvalue weighted by Gasteiger charge is -2.28. The number of amides is 2. The Labute approximate surface area is 276 Å². The molecule has 5 atom stereocenters. The molecule has 0 radical (unpaired) electrons. The summed E-state index contributed by atoms with van der Waals surface area (Å²) in [6, 6.07) is 27.5. The van der Waals surface area contributed by atoms with Crippen LogP contribution in [0.1, 0.15) is 70.9 Å². The summed E-state index contributed by atoms with van der Waals surface area (Å²) < 4.78 is 0. The standard InChI is InChI=1S/C39H56N4O3/c1-5-29(4)26-35(38(45)41-25-13-17-30-14-8-6-9-15-30)43-39(46)37(28(2)3)42-27-36(44)34(40)20-12-16-31-21-23-33(24-22-31)32-18-10-7-11-19-32/h6-11,14-15,18-19,21-24,28-29,34-37,42,44H,5,12-13,16-17,20,25-27,40H2,1-4H3,(H,41,45)(H,43,46)/t29?,34-,35-,36+,37-/m0/s1. The van der Waals surface area contributed by atoms with Crippen LogP contribution in [0.4, 0.5) is 0 Å². The van der Waals surface area contributed by atoms with Crippen LogP contribution in [0.5, 0.6) is 0 Å². The SMILES string of the molecule is CCC(C)C[C@H](NC(=O)[C@@H](NC[C@@H](O)[C@@H](N)CCCc1ccc(-c2ccccc2)cc1)C(C)C)C(=O)NCCCc1ccccc1. The van der Waals surface area contributed by atoms with E-state index in [1.165, 1.54) is 22.3 Å². The maximum atomic E-state index is 13.4. The molecule has 0 aliphatic heterocycles. The highest BCUT2D eigenvalue weighted by Gasteiger charge is 2.29. The van der Waals surface area contributed by atoms with Gasteiger partial charge in [0.05, 0.1) is 12.1 Å². The average molecular weight is 629 g/mol. The van der Waals surface area contributed by atoms with Crippen LogP contribution in [0.3, 0.4) is 0 Å². The molecule has 0 aliphatic rings. The minimum absolute atomic E-state index is 0.0412. The van der Waals surface area contributed by atoms with E-state index in [4.69, 9.17) is 5.73 Å². The zero-order valence-corrected chi connectivity index (χ0v) is 28.3. The van der Waals surface area contributed by atoms with Crippen LogP contribution in [-0.4, -0.2) is 54.2 Å². The molecule has 0 spiro atoms. The molecule has 46 heavy (non-hydrogen) atoms. The molecule has 0 saturated heterocycles. The van der Waals surface area contributed by atoms with E-state index in [0.717, 1.165) is 32.1 Å². The third-order valence-corrected chi connectivity index (χ3v) is 8.81. The Morgan fingerprint density at radius 2 is 1.37 bits per heavy atom. The molecular formula is C39H56N4O3. The van der Waals surface area contributed by atoms with Gasteiger partial charge in [-0.3, -0.25) is 9.59 Å². The van der Waals surface area contributed by atoms with Crippen LogP contribution in [-0.2, 0) is 22.4 Å². The quantitative estimate of drug-likeness (QED) is 0.104. The summed E-state index contributed by atoms with van der Waals surface area (Å²) in [5.74, 6) is -0.142. The Balaban J connectivity index is 1.45. The molecule has 250 valence electrons. The highest BCUT2D eigenvalue weighted by molar-refractivity contribution is 5.89. The number of aliphatic hydroxyl groups is 1. The Kier molecular flexibility index (Phi) is 16.0. The third-order valence-electron chi connectivity index (χ3n) is 8.81. The van der Waals surface area contributed by atoms with Crippen LogP contribution in [0.2, 0.25) is 0 Å². The summed E-state index contributed by atoms with van der Waals surface area (Å²) in [5.41, 5.74) is 11.2. The van der Waals surface area contributed by atoms with Crippen LogP contribution >= 0.6 is 0 Å². The van der Waals surface area contributed by atoms with Crippen molar-refractivity contribution in [2.45, 2.75) is 96.9 Å². The average Bonchev–Trinajstić information content (AvgIpc) is 3.07. The lowest BCUT2D eigenvalue weighted by molar-refractivity contribution is -0.131.